The van der Waals surface area contributed by atoms with E-state index in [2.05, 4.69) is 21.7 Å². The molecule has 0 radical (unpaired) electrons. The van der Waals surface area contributed by atoms with Crippen LogP contribution in [0.25, 0.3) is 10.9 Å². The second-order valence-corrected chi connectivity index (χ2v) is 9.87. The summed E-state index contributed by atoms with van der Waals surface area (Å²) in [6, 6.07) is 17.5. The van der Waals surface area contributed by atoms with Gasteiger partial charge in [-0.15, -0.1) is 0 Å². The lowest BCUT2D eigenvalue weighted by molar-refractivity contribution is -0.133. The SMILES string of the molecule is N#C[C@@H]1C[C@@]2(CN1C(=O)[C@H](CC1CC1)NC(=O)c1cc3ccccc3[nH]1)C(=O)Nc1ccccc12. The van der Waals surface area contributed by atoms with Gasteiger partial charge in [0.2, 0.25) is 11.8 Å². The van der Waals surface area contributed by atoms with Gasteiger partial charge in [-0.1, -0.05) is 49.2 Å². The molecule has 8 nitrogen and oxygen atoms in total. The first-order valence-corrected chi connectivity index (χ1v) is 12.0. The van der Waals surface area contributed by atoms with Crippen LogP contribution in [0, 0.1) is 17.2 Å². The number of amides is 3. The maximum Gasteiger partial charge on any atom is 0.268 e. The number of anilines is 1. The fourth-order valence-corrected chi connectivity index (χ4v) is 5.53. The molecule has 3 aliphatic rings. The van der Waals surface area contributed by atoms with Gasteiger partial charge in [-0.2, -0.15) is 5.26 Å². The molecule has 8 heteroatoms. The number of para-hydroxylation sites is 2. The number of H-pyrrole nitrogens is 1. The Balaban J connectivity index is 1.27. The third-order valence-electron chi connectivity index (χ3n) is 7.56. The molecule has 6 rings (SSSR count). The van der Waals surface area contributed by atoms with Crippen molar-refractivity contribution in [2.75, 3.05) is 11.9 Å². The van der Waals surface area contributed by atoms with E-state index in [-0.39, 0.29) is 30.7 Å². The Kier molecular flexibility index (Phi) is 4.88. The lowest BCUT2D eigenvalue weighted by Gasteiger charge is -2.27. The topological polar surface area (TPSA) is 118 Å². The van der Waals surface area contributed by atoms with Crippen LogP contribution in [0.4, 0.5) is 5.69 Å². The summed E-state index contributed by atoms with van der Waals surface area (Å²) in [5.74, 6) is -0.469. The highest BCUT2D eigenvalue weighted by Crippen LogP contribution is 2.46. The Morgan fingerprint density at radius 3 is 2.71 bits per heavy atom. The lowest BCUT2D eigenvalue weighted by atomic mass is 9.80. The summed E-state index contributed by atoms with van der Waals surface area (Å²) in [5, 5.41) is 16.7. The van der Waals surface area contributed by atoms with Gasteiger partial charge in [0.15, 0.2) is 0 Å². The van der Waals surface area contributed by atoms with Gasteiger partial charge in [0.05, 0.1) is 11.5 Å². The van der Waals surface area contributed by atoms with Gasteiger partial charge in [0.1, 0.15) is 17.8 Å². The number of hydrogen-bond acceptors (Lipinski definition) is 4. The van der Waals surface area contributed by atoms with Crippen molar-refractivity contribution in [1.82, 2.24) is 15.2 Å². The number of fused-ring (bicyclic) bond motifs is 3. The molecule has 1 saturated heterocycles. The molecule has 0 unspecified atom stereocenters. The third kappa shape index (κ3) is 3.55. The number of benzene rings is 2. The molecule has 1 spiro atoms. The Morgan fingerprint density at radius 2 is 1.94 bits per heavy atom. The molecule has 1 saturated carbocycles. The van der Waals surface area contributed by atoms with Crippen LogP contribution < -0.4 is 10.6 Å². The summed E-state index contributed by atoms with van der Waals surface area (Å²) in [6.45, 7) is 0.121. The van der Waals surface area contributed by atoms with Crippen LogP contribution >= 0.6 is 0 Å². The molecular formula is C27H25N5O3. The summed E-state index contributed by atoms with van der Waals surface area (Å²) >= 11 is 0. The van der Waals surface area contributed by atoms with Crippen molar-refractivity contribution in [3.63, 3.8) is 0 Å². The van der Waals surface area contributed by atoms with Crippen LogP contribution in [-0.2, 0) is 15.0 Å². The summed E-state index contributed by atoms with van der Waals surface area (Å²) in [4.78, 5) is 44.6. The summed E-state index contributed by atoms with van der Waals surface area (Å²) in [7, 11) is 0. The molecule has 3 N–H and O–H groups in total. The molecule has 2 aromatic carbocycles. The Hall–Kier alpha value is -4.12. The smallest absolute Gasteiger partial charge is 0.268 e. The average molecular weight is 468 g/mol. The van der Waals surface area contributed by atoms with E-state index in [1.807, 2.05) is 48.5 Å². The molecule has 3 amide bonds. The zero-order valence-electron chi connectivity index (χ0n) is 19.1. The van der Waals surface area contributed by atoms with E-state index >= 15 is 0 Å². The molecule has 35 heavy (non-hydrogen) atoms. The van der Waals surface area contributed by atoms with Crippen LogP contribution in [0.5, 0.6) is 0 Å². The molecule has 176 valence electrons. The van der Waals surface area contributed by atoms with Gasteiger partial charge < -0.3 is 20.5 Å². The first-order chi connectivity index (χ1) is 17.0. The van der Waals surface area contributed by atoms with E-state index in [1.54, 1.807) is 6.07 Å². The number of aromatic nitrogens is 1. The number of carbonyl (C=O) groups excluding carboxylic acids is 3. The van der Waals surface area contributed by atoms with Gasteiger partial charge in [-0.05, 0) is 36.1 Å². The van der Waals surface area contributed by atoms with Crippen molar-refractivity contribution < 1.29 is 14.4 Å². The van der Waals surface area contributed by atoms with E-state index in [0.29, 0.717) is 18.0 Å². The second kappa shape index (κ2) is 7.98. The molecule has 2 aliphatic heterocycles. The Morgan fingerprint density at radius 1 is 1.17 bits per heavy atom. The summed E-state index contributed by atoms with van der Waals surface area (Å²) in [5.41, 5.74) is 1.84. The number of likely N-dealkylation sites (tertiary alicyclic amines) is 1. The summed E-state index contributed by atoms with van der Waals surface area (Å²) < 4.78 is 0. The first-order valence-electron chi connectivity index (χ1n) is 12.0. The number of nitrogens with zero attached hydrogens (tertiary/aromatic N) is 2. The first kappa shape index (κ1) is 21.4. The lowest BCUT2D eigenvalue weighted by Crippen LogP contribution is -2.51. The predicted molar refractivity (Wildman–Crippen MR) is 129 cm³/mol. The van der Waals surface area contributed by atoms with Gasteiger partial charge in [0, 0.05) is 29.6 Å². The third-order valence-corrected chi connectivity index (χ3v) is 7.56. The Bertz CT molecular complexity index is 1370. The fourth-order valence-electron chi connectivity index (χ4n) is 5.53. The standard InChI is InChI=1S/C27H25N5O3/c28-14-18-13-27(19-6-2-4-8-21(19)31-26(27)35)15-32(18)25(34)23(11-16-9-10-16)30-24(33)22-12-17-5-1-3-7-20(17)29-22/h1-8,12,16,18,23,29H,9-11,13,15H2,(H,30,33)(H,31,35)/t18-,23-,27-/m0/s1. The highest BCUT2D eigenvalue weighted by Gasteiger charge is 2.56. The van der Waals surface area contributed by atoms with Crippen molar-refractivity contribution in [1.29, 1.82) is 5.26 Å². The fraction of sp³-hybridized carbons (Fsp3) is 0.333. The predicted octanol–water partition coefficient (Wildman–Crippen LogP) is 3.08. The van der Waals surface area contributed by atoms with E-state index in [0.717, 1.165) is 35.0 Å². The highest BCUT2D eigenvalue weighted by molar-refractivity contribution is 6.07. The minimum Gasteiger partial charge on any atom is -0.351 e. The second-order valence-electron chi connectivity index (χ2n) is 9.87. The van der Waals surface area contributed by atoms with Crippen LogP contribution in [0.3, 0.4) is 0 Å². The average Bonchev–Trinajstić information content (AvgIpc) is 3.34. The van der Waals surface area contributed by atoms with Gasteiger partial charge in [-0.25, -0.2) is 0 Å². The number of aromatic amines is 1. The van der Waals surface area contributed by atoms with Crippen LogP contribution in [-0.4, -0.2) is 46.2 Å². The minimum atomic E-state index is -0.946. The van der Waals surface area contributed by atoms with Crippen LogP contribution in [0.2, 0.25) is 0 Å². The molecule has 1 aromatic heterocycles. The highest BCUT2D eigenvalue weighted by atomic mass is 16.2. The number of nitrogens with one attached hydrogen (secondary N) is 3. The Labute approximate surface area is 202 Å². The van der Waals surface area contributed by atoms with E-state index in [9.17, 15) is 19.6 Å². The number of rotatable bonds is 5. The monoisotopic (exact) mass is 467 g/mol. The quantitative estimate of drug-likeness (QED) is 0.534. The van der Waals surface area contributed by atoms with Crippen molar-refractivity contribution in [3.8, 4) is 6.07 Å². The van der Waals surface area contributed by atoms with Crippen molar-refractivity contribution in [2.24, 2.45) is 5.92 Å². The summed E-state index contributed by atoms with van der Waals surface area (Å²) in [6.07, 6.45) is 2.81. The minimum absolute atomic E-state index is 0.121. The van der Waals surface area contributed by atoms with E-state index < -0.39 is 17.5 Å². The molecule has 2 fully saturated rings. The molecular weight excluding hydrogens is 442 g/mol. The number of nitriles is 1. The number of hydrogen-bond donors (Lipinski definition) is 3. The molecule has 3 atom stereocenters. The van der Waals surface area contributed by atoms with Crippen molar-refractivity contribution in [2.45, 2.75) is 43.2 Å². The van der Waals surface area contributed by atoms with Crippen LogP contribution in [0.15, 0.2) is 54.6 Å². The van der Waals surface area contributed by atoms with E-state index in [1.165, 1.54) is 4.90 Å². The zero-order chi connectivity index (χ0) is 24.2. The van der Waals surface area contributed by atoms with Crippen molar-refractivity contribution in [3.05, 3.63) is 65.9 Å². The van der Waals surface area contributed by atoms with Gasteiger partial charge in [-0.3, -0.25) is 14.4 Å². The normalized spacial score (nSPS) is 23.7. The van der Waals surface area contributed by atoms with Gasteiger partial charge >= 0.3 is 0 Å². The maximum atomic E-state index is 13.8. The van der Waals surface area contributed by atoms with E-state index in [4.69, 9.17) is 0 Å². The molecule has 1 aliphatic carbocycles. The molecule has 0 bridgehead atoms. The molecule has 3 heterocycles. The largest absolute Gasteiger partial charge is 0.351 e. The van der Waals surface area contributed by atoms with Crippen LogP contribution in [0.1, 0.15) is 41.7 Å². The van der Waals surface area contributed by atoms with Crippen molar-refractivity contribution >= 4 is 34.3 Å². The number of carbonyl (C=O) groups is 3. The maximum absolute atomic E-state index is 13.8. The van der Waals surface area contributed by atoms with Gasteiger partial charge in [0.25, 0.3) is 5.91 Å². The molecule has 3 aromatic rings. The zero-order valence-corrected chi connectivity index (χ0v) is 19.1.